The minimum Gasteiger partial charge on any atom is -0.484 e. The maximum Gasteiger partial charge on any atom is 0.293 e. The zero-order valence-electron chi connectivity index (χ0n) is 15.5. The van der Waals surface area contributed by atoms with Crippen molar-refractivity contribution in [1.29, 1.82) is 0 Å². The summed E-state index contributed by atoms with van der Waals surface area (Å²) in [4.78, 5) is 37.8. The van der Waals surface area contributed by atoms with E-state index < -0.39 is 0 Å². The van der Waals surface area contributed by atoms with Crippen molar-refractivity contribution in [2.45, 2.75) is 19.9 Å². The van der Waals surface area contributed by atoms with Crippen molar-refractivity contribution >= 4 is 40.6 Å². The van der Waals surface area contributed by atoms with Gasteiger partial charge in [-0.25, -0.2) is 0 Å². The minimum absolute atomic E-state index is 0.110. The smallest absolute Gasteiger partial charge is 0.293 e. The monoisotopic (exact) mass is 396 g/mol. The van der Waals surface area contributed by atoms with Gasteiger partial charge in [0.1, 0.15) is 5.75 Å². The molecule has 0 radical (unpaired) electrons. The standard InChI is InChI=1S/C21H20N2O4S/c1-14(2)23-20(25)18(28-21(23)26)12-15-8-10-17(11-9-15)27-13-19(24)22-16-6-4-3-5-7-16/h3-12,14H,13H2,1-2H3,(H,22,24)/b18-12+. The van der Waals surface area contributed by atoms with E-state index in [0.29, 0.717) is 16.3 Å². The van der Waals surface area contributed by atoms with Gasteiger partial charge in [-0.05, 0) is 61.5 Å². The summed E-state index contributed by atoms with van der Waals surface area (Å²) in [6, 6.07) is 16.0. The molecule has 0 aromatic heterocycles. The van der Waals surface area contributed by atoms with Crippen LogP contribution in [0.15, 0.2) is 59.5 Å². The number of hydrogen-bond acceptors (Lipinski definition) is 5. The van der Waals surface area contributed by atoms with Gasteiger partial charge in [0, 0.05) is 11.7 Å². The molecule has 3 rings (SSSR count). The number of hydrogen-bond donors (Lipinski definition) is 1. The van der Waals surface area contributed by atoms with E-state index >= 15 is 0 Å². The predicted octanol–water partition coefficient (Wildman–Crippen LogP) is 4.15. The fraction of sp³-hybridized carbons (Fsp3) is 0.190. The molecule has 2 aromatic rings. The Labute approximate surface area is 167 Å². The molecule has 0 aliphatic carbocycles. The number of para-hydroxylation sites is 1. The highest BCUT2D eigenvalue weighted by Gasteiger charge is 2.36. The fourth-order valence-electron chi connectivity index (χ4n) is 2.60. The van der Waals surface area contributed by atoms with Crippen LogP contribution in [0, 0.1) is 0 Å². The second kappa shape index (κ2) is 8.75. The molecule has 1 aliphatic rings. The maximum absolute atomic E-state index is 12.3. The summed E-state index contributed by atoms with van der Waals surface area (Å²) in [6.45, 7) is 3.50. The molecule has 0 saturated carbocycles. The largest absolute Gasteiger partial charge is 0.484 e. The van der Waals surface area contributed by atoms with Crippen LogP contribution in [0.4, 0.5) is 10.5 Å². The first-order valence-electron chi connectivity index (χ1n) is 8.79. The lowest BCUT2D eigenvalue weighted by Crippen LogP contribution is -2.34. The minimum atomic E-state index is -0.275. The summed E-state index contributed by atoms with van der Waals surface area (Å²) in [5, 5.41) is 2.49. The topological polar surface area (TPSA) is 75.7 Å². The van der Waals surface area contributed by atoms with E-state index in [0.717, 1.165) is 17.3 Å². The SMILES string of the molecule is CC(C)N1C(=O)S/C(=C/c2ccc(OCC(=O)Nc3ccccc3)cc2)C1=O. The third-order valence-corrected chi connectivity index (χ3v) is 4.83. The zero-order chi connectivity index (χ0) is 20.1. The van der Waals surface area contributed by atoms with Gasteiger partial charge >= 0.3 is 0 Å². The molecule has 7 heteroatoms. The van der Waals surface area contributed by atoms with Crippen molar-refractivity contribution in [3.05, 3.63) is 65.1 Å². The molecule has 6 nitrogen and oxygen atoms in total. The Morgan fingerprint density at radius 2 is 1.79 bits per heavy atom. The lowest BCUT2D eigenvalue weighted by Gasteiger charge is -2.16. The van der Waals surface area contributed by atoms with Crippen LogP contribution in [0.3, 0.4) is 0 Å². The number of amides is 3. The van der Waals surface area contributed by atoms with Crippen LogP contribution < -0.4 is 10.1 Å². The Kier molecular flexibility index (Phi) is 6.16. The van der Waals surface area contributed by atoms with Crippen molar-refractivity contribution in [1.82, 2.24) is 4.90 Å². The lowest BCUT2D eigenvalue weighted by molar-refractivity contribution is -0.123. The van der Waals surface area contributed by atoms with E-state index in [1.165, 1.54) is 4.90 Å². The summed E-state index contributed by atoms with van der Waals surface area (Å²) < 4.78 is 5.48. The fourth-order valence-corrected chi connectivity index (χ4v) is 3.57. The van der Waals surface area contributed by atoms with Gasteiger partial charge < -0.3 is 10.1 Å². The Hall–Kier alpha value is -3.06. The number of ether oxygens (including phenoxy) is 1. The molecule has 1 saturated heterocycles. The first-order valence-corrected chi connectivity index (χ1v) is 9.60. The molecule has 28 heavy (non-hydrogen) atoms. The van der Waals surface area contributed by atoms with Crippen LogP contribution in [-0.4, -0.2) is 34.6 Å². The van der Waals surface area contributed by atoms with Gasteiger partial charge in [0.15, 0.2) is 6.61 Å². The Morgan fingerprint density at radius 1 is 1.11 bits per heavy atom. The van der Waals surface area contributed by atoms with Crippen molar-refractivity contribution in [3.63, 3.8) is 0 Å². The summed E-state index contributed by atoms with van der Waals surface area (Å²) >= 11 is 0.939. The van der Waals surface area contributed by atoms with Crippen LogP contribution in [0.2, 0.25) is 0 Å². The molecule has 0 unspecified atom stereocenters. The second-order valence-corrected chi connectivity index (χ2v) is 7.41. The molecular weight excluding hydrogens is 376 g/mol. The second-order valence-electron chi connectivity index (χ2n) is 6.42. The number of carbonyl (C=O) groups is 3. The number of thioether (sulfide) groups is 1. The molecule has 1 fully saturated rings. The van der Waals surface area contributed by atoms with Gasteiger partial charge in [0.05, 0.1) is 4.91 Å². The number of nitrogens with one attached hydrogen (secondary N) is 1. The van der Waals surface area contributed by atoms with Crippen molar-refractivity contribution in [3.8, 4) is 5.75 Å². The van der Waals surface area contributed by atoms with Crippen LogP contribution in [0.25, 0.3) is 6.08 Å². The number of benzene rings is 2. The highest BCUT2D eigenvalue weighted by molar-refractivity contribution is 8.18. The summed E-state index contributed by atoms with van der Waals surface area (Å²) in [6.07, 6.45) is 1.68. The Bertz CT molecular complexity index is 908. The van der Waals surface area contributed by atoms with Gasteiger partial charge in [-0.2, -0.15) is 0 Å². The van der Waals surface area contributed by atoms with Crippen molar-refractivity contribution in [2.24, 2.45) is 0 Å². The summed E-state index contributed by atoms with van der Waals surface area (Å²) in [7, 11) is 0. The number of imide groups is 1. The summed E-state index contributed by atoms with van der Waals surface area (Å²) in [5.74, 6) is 0.0104. The van der Waals surface area contributed by atoms with Gasteiger partial charge in [0.25, 0.3) is 17.1 Å². The van der Waals surface area contributed by atoms with E-state index in [4.69, 9.17) is 4.74 Å². The maximum atomic E-state index is 12.3. The van der Waals surface area contributed by atoms with Gasteiger partial charge in [-0.3, -0.25) is 19.3 Å². The number of nitrogens with zero attached hydrogens (tertiary/aromatic N) is 1. The molecule has 1 heterocycles. The Balaban J connectivity index is 1.57. The Morgan fingerprint density at radius 3 is 2.39 bits per heavy atom. The molecule has 2 aromatic carbocycles. The molecule has 1 aliphatic heterocycles. The first-order chi connectivity index (χ1) is 13.4. The van der Waals surface area contributed by atoms with Crippen LogP contribution >= 0.6 is 11.8 Å². The molecule has 3 amide bonds. The predicted molar refractivity (Wildman–Crippen MR) is 110 cm³/mol. The molecule has 144 valence electrons. The molecule has 0 bridgehead atoms. The zero-order valence-corrected chi connectivity index (χ0v) is 16.4. The summed E-state index contributed by atoms with van der Waals surface area (Å²) in [5.41, 5.74) is 1.48. The number of carbonyl (C=O) groups excluding carboxylic acids is 3. The first kappa shape index (κ1) is 19.7. The lowest BCUT2D eigenvalue weighted by atomic mass is 10.2. The molecular formula is C21H20N2O4S. The van der Waals surface area contributed by atoms with E-state index in [9.17, 15) is 14.4 Å². The van der Waals surface area contributed by atoms with Crippen molar-refractivity contribution < 1.29 is 19.1 Å². The highest BCUT2D eigenvalue weighted by atomic mass is 32.2. The quantitative estimate of drug-likeness (QED) is 0.743. The van der Waals surface area contributed by atoms with E-state index in [-0.39, 0.29) is 29.7 Å². The average molecular weight is 396 g/mol. The van der Waals surface area contributed by atoms with Gasteiger partial charge in [-0.1, -0.05) is 30.3 Å². The molecule has 0 atom stereocenters. The third-order valence-electron chi connectivity index (χ3n) is 3.95. The average Bonchev–Trinajstić information content (AvgIpc) is 2.95. The number of anilines is 1. The molecule has 0 spiro atoms. The normalized spacial score (nSPS) is 15.4. The third kappa shape index (κ3) is 4.80. The van der Waals surface area contributed by atoms with Gasteiger partial charge in [-0.15, -0.1) is 0 Å². The van der Waals surface area contributed by atoms with Crippen LogP contribution in [0.1, 0.15) is 19.4 Å². The van der Waals surface area contributed by atoms with Gasteiger partial charge in [0.2, 0.25) is 0 Å². The van der Waals surface area contributed by atoms with E-state index in [1.54, 1.807) is 56.3 Å². The van der Waals surface area contributed by atoms with E-state index in [1.807, 2.05) is 18.2 Å². The molecule has 1 N–H and O–H groups in total. The van der Waals surface area contributed by atoms with Crippen LogP contribution in [0.5, 0.6) is 5.75 Å². The van der Waals surface area contributed by atoms with Crippen LogP contribution in [-0.2, 0) is 9.59 Å². The highest BCUT2D eigenvalue weighted by Crippen LogP contribution is 2.33. The number of rotatable bonds is 6. The van der Waals surface area contributed by atoms with Crippen molar-refractivity contribution in [2.75, 3.05) is 11.9 Å². The van der Waals surface area contributed by atoms with E-state index in [2.05, 4.69) is 5.32 Å².